The second kappa shape index (κ2) is 6.69. The van der Waals surface area contributed by atoms with E-state index in [1.807, 2.05) is 18.2 Å². The number of nitrogens with two attached hydrogens (primary N) is 1. The number of rotatable bonds is 4. The quantitative estimate of drug-likeness (QED) is 0.754. The Morgan fingerprint density at radius 2 is 2.32 bits per heavy atom. The van der Waals surface area contributed by atoms with E-state index in [1.54, 1.807) is 17.5 Å². The Hall–Kier alpha value is -2.05. The summed E-state index contributed by atoms with van der Waals surface area (Å²) in [6, 6.07) is 6.00. The van der Waals surface area contributed by atoms with Crippen molar-refractivity contribution in [2.75, 3.05) is 0 Å². The summed E-state index contributed by atoms with van der Waals surface area (Å²) in [7, 11) is 0. The molecule has 1 aliphatic rings. The molecule has 0 saturated carbocycles. The molecule has 3 aromatic rings. The van der Waals surface area contributed by atoms with Gasteiger partial charge in [0.1, 0.15) is 17.4 Å². The SMILES string of the molecule is C[C@H]1CCc2c(sc3nc([C@H](C)[NH2+]Cc4ccccn4)[nH]c(=O)c23)C1. The first-order chi connectivity index (χ1) is 12.1. The zero-order valence-electron chi connectivity index (χ0n) is 14.6. The zero-order chi connectivity index (χ0) is 17.4. The molecular formula is C19H23N4OS+. The third kappa shape index (κ3) is 3.24. The van der Waals surface area contributed by atoms with Crippen molar-refractivity contribution in [2.24, 2.45) is 5.92 Å². The van der Waals surface area contributed by atoms with Gasteiger partial charge in [-0.05, 0) is 49.8 Å². The molecule has 5 nitrogen and oxygen atoms in total. The zero-order valence-corrected chi connectivity index (χ0v) is 15.4. The van der Waals surface area contributed by atoms with E-state index in [1.165, 1.54) is 10.4 Å². The van der Waals surface area contributed by atoms with Crippen LogP contribution in [0.25, 0.3) is 10.2 Å². The molecular weight excluding hydrogens is 332 g/mol. The maximum atomic E-state index is 12.7. The maximum Gasteiger partial charge on any atom is 0.260 e. The van der Waals surface area contributed by atoms with Gasteiger partial charge in [0, 0.05) is 11.1 Å². The van der Waals surface area contributed by atoms with Crippen molar-refractivity contribution in [2.45, 2.75) is 45.7 Å². The normalized spacial score (nSPS) is 18.2. The first-order valence-corrected chi connectivity index (χ1v) is 9.71. The average Bonchev–Trinajstić information content (AvgIpc) is 2.98. The van der Waals surface area contributed by atoms with E-state index in [2.05, 4.69) is 29.1 Å². The fourth-order valence-corrected chi connectivity index (χ4v) is 4.90. The summed E-state index contributed by atoms with van der Waals surface area (Å²) >= 11 is 1.71. The minimum absolute atomic E-state index is 0.0186. The molecule has 0 radical (unpaired) electrons. The van der Waals surface area contributed by atoms with Crippen molar-refractivity contribution < 1.29 is 5.32 Å². The van der Waals surface area contributed by atoms with Crippen LogP contribution < -0.4 is 10.9 Å². The number of quaternary nitrogens is 1. The lowest BCUT2D eigenvalue weighted by molar-refractivity contribution is -0.709. The fraction of sp³-hybridized carbons (Fsp3) is 0.421. The number of nitrogens with zero attached hydrogens (tertiary/aromatic N) is 2. The number of fused-ring (bicyclic) bond motifs is 3. The molecule has 0 bridgehead atoms. The van der Waals surface area contributed by atoms with Gasteiger partial charge in [0.15, 0.2) is 5.82 Å². The summed E-state index contributed by atoms with van der Waals surface area (Å²) in [5.74, 6) is 1.45. The van der Waals surface area contributed by atoms with E-state index in [9.17, 15) is 4.79 Å². The summed E-state index contributed by atoms with van der Waals surface area (Å²) in [5.41, 5.74) is 2.28. The largest absolute Gasteiger partial charge is 0.333 e. The van der Waals surface area contributed by atoms with Crippen molar-refractivity contribution in [3.8, 4) is 0 Å². The molecule has 6 heteroatoms. The highest BCUT2D eigenvalue weighted by molar-refractivity contribution is 7.18. The summed E-state index contributed by atoms with van der Waals surface area (Å²) in [6.07, 6.45) is 5.04. The first kappa shape index (κ1) is 16.4. The first-order valence-electron chi connectivity index (χ1n) is 8.89. The van der Waals surface area contributed by atoms with Crippen LogP contribution >= 0.6 is 11.3 Å². The van der Waals surface area contributed by atoms with Crippen LogP contribution in [0.3, 0.4) is 0 Å². The summed E-state index contributed by atoms with van der Waals surface area (Å²) < 4.78 is 0. The Morgan fingerprint density at radius 1 is 1.44 bits per heavy atom. The molecule has 0 aromatic carbocycles. The number of hydrogen-bond donors (Lipinski definition) is 2. The van der Waals surface area contributed by atoms with Gasteiger partial charge in [-0.1, -0.05) is 13.0 Å². The minimum atomic E-state index is 0.0186. The van der Waals surface area contributed by atoms with Crippen LogP contribution in [0.2, 0.25) is 0 Å². The minimum Gasteiger partial charge on any atom is -0.333 e. The van der Waals surface area contributed by atoms with Gasteiger partial charge in [0.25, 0.3) is 5.56 Å². The summed E-state index contributed by atoms with van der Waals surface area (Å²) in [5, 5.41) is 2.98. The van der Waals surface area contributed by atoms with E-state index in [0.29, 0.717) is 5.92 Å². The van der Waals surface area contributed by atoms with E-state index in [-0.39, 0.29) is 11.6 Å². The van der Waals surface area contributed by atoms with Gasteiger partial charge in [-0.3, -0.25) is 9.78 Å². The number of nitrogens with one attached hydrogen (secondary N) is 1. The van der Waals surface area contributed by atoms with Gasteiger partial charge in [-0.25, -0.2) is 4.98 Å². The lowest BCUT2D eigenvalue weighted by Crippen LogP contribution is -2.83. The molecule has 0 unspecified atom stereocenters. The molecule has 3 heterocycles. The van der Waals surface area contributed by atoms with Crippen molar-refractivity contribution >= 4 is 21.6 Å². The van der Waals surface area contributed by atoms with Gasteiger partial charge in [0.05, 0.1) is 11.1 Å². The third-order valence-electron chi connectivity index (χ3n) is 5.02. The number of aryl methyl sites for hydroxylation is 1. The number of H-pyrrole nitrogens is 1. The molecule has 0 saturated heterocycles. The molecule has 25 heavy (non-hydrogen) atoms. The van der Waals surface area contributed by atoms with Crippen LogP contribution in [-0.2, 0) is 19.4 Å². The van der Waals surface area contributed by atoms with Crippen LogP contribution in [0.5, 0.6) is 0 Å². The highest BCUT2D eigenvalue weighted by atomic mass is 32.1. The average molecular weight is 355 g/mol. The Balaban J connectivity index is 1.61. The van der Waals surface area contributed by atoms with E-state index in [4.69, 9.17) is 4.98 Å². The number of aromatic nitrogens is 3. The molecule has 4 rings (SSSR count). The number of aromatic amines is 1. The standard InChI is InChI=1S/C19H22N4OS/c1-11-6-7-14-15(9-11)25-19-16(14)18(24)22-17(23-19)12(2)21-10-13-5-3-4-8-20-13/h3-5,8,11-12,21H,6-7,9-10H2,1-2H3,(H,22,23,24)/p+1/t11-,12-/m0/s1. The van der Waals surface area contributed by atoms with Gasteiger partial charge >= 0.3 is 0 Å². The van der Waals surface area contributed by atoms with Crippen molar-refractivity contribution in [1.29, 1.82) is 0 Å². The lowest BCUT2D eigenvalue weighted by Gasteiger charge is -2.17. The topological polar surface area (TPSA) is 75.2 Å². The predicted octanol–water partition coefficient (Wildman–Crippen LogP) is 2.33. The Kier molecular flexibility index (Phi) is 4.39. The third-order valence-corrected chi connectivity index (χ3v) is 6.17. The van der Waals surface area contributed by atoms with Gasteiger partial charge in [0.2, 0.25) is 0 Å². The molecule has 0 fully saturated rings. The van der Waals surface area contributed by atoms with Crippen LogP contribution in [0.1, 0.15) is 48.3 Å². The van der Waals surface area contributed by atoms with E-state index >= 15 is 0 Å². The van der Waals surface area contributed by atoms with Gasteiger partial charge < -0.3 is 10.3 Å². The van der Waals surface area contributed by atoms with Crippen molar-refractivity contribution in [3.05, 3.63) is 56.7 Å². The van der Waals surface area contributed by atoms with Crippen LogP contribution in [0, 0.1) is 5.92 Å². The highest BCUT2D eigenvalue weighted by Crippen LogP contribution is 2.35. The van der Waals surface area contributed by atoms with Crippen LogP contribution in [-0.4, -0.2) is 15.0 Å². The van der Waals surface area contributed by atoms with Crippen LogP contribution in [0.15, 0.2) is 29.2 Å². The smallest absolute Gasteiger partial charge is 0.260 e. The fourth-order valence-electron chi connectivity index (χ4n) is 3.51. The predicted molar refractivity (Wildman–Crippen MR) is 99.7 cm³/mol. The molecule has 1 aliphatic carbocycles. The molecule has 130 valence electrons. The number of hydrogen-bond acceptors (Lipinski definition) is 4. The number of thiophene rings is 1. The van der Waals surface area contributed by atoms with E-state index in [0.717, 1.165) is 47.5 Å². The highest BCUT2D eigenvalue weighted by Gasteiger charge is 2.24. The monoisotopic (exact) mass is 355 g/mol. The molecule has 2 atom stereocenters. The molecule has 0 spiro atoms. The summed E-state index contributed by atoms with van der Waals surface area (Å²) in [4.78, 5) is 27.1. The van der Waals surface area contributed by atoms with Gasteiger partial charge in [-0.2, -0.15) is 0 Å². The summed E-state index contributed by atoms with van der Waals surface area (Å²) in [6.45, 7) is 5.12. The molecule has 0 aliphatic heterocycles. The van der Waals surface area contributed by atoms with E-state index < -0.39 is 0 Å². The second-order valence-corrected chi connectivity index (χ2v) is 8.12. The molecule has 3 aromatic heterocycles. The van der Waals surface area contributed by atoms with Crippen molar-refractivity contribution in [3.63, 3.8) is 0 Å². The van der Waals surface area contributed by atoms with Crippen LogP contribution in [0.4, 0.5) is 0 Å². The van der Waals surface area contributed by atoms with Crippen molar-refractivity contribution in [1.82, 2.24) is 15.0 Å². The Labute approximate surface area is 150 Å². The Morgan fingerprint density at radius 3 is 3.12 bits per heavy atom. The van der Waals surface area contributed by atoms with Gasteiger partial charge in [-0.15, -0.1) is 11.3 Å². The maximum absolute atomic E-state index is 12.7. The lowest BCUT2D eigenvalue weighted by atomic mass is 9.89. The second-order valence-electron chi connectivity index (χ2n) is 7.03. The molecule has 0 amide bonds. The Bertz CT molecular complexity index is 947. The molecule has 3 N–H and O–H groups in total. The number of pyridine rings is 1.